The van der Waals surface area contributed by atoms with Crippen molar-refractivity contribution < 1.29 is 9.47 Å². The van der Waals surface area contributed by atoms with E-state index in [1.54, 1.807) is 0 Å². The van der Waals surface area contributed by atoms with Crippen molar-refractivity contribution in [3.8, 4) is 39.8 Å². The van der Waals surface area contributed by atoms with Crippen LogP contribution in [0.5, 0.6) is 11.5 Å². The highest BCUT2D eigenvalue weighted by Gasteiger charge is 2.16. The summed E-state index contributed by atoms with van der Waals surface area (Å²) in [7, 11) is 0. The maximum atomic E-state index is 13.5. The molecule has 0 N–H and O–H groups in total. The summed E-state index contributed by atoms with van der Waals surface area (Å²) in [6.07, 6.45) is 8.57. The van der Waals surface area contributed by atoms with Gasteiger partial charge in [0, 0.05) is 22.9 Å². The van der Waals surface area contributed by atoms with E-state index in [0.717, 1.165) is 51.6 Å². The fourth-order valence-electron chi connectivity index (χ4n) is 5.13. The van der Waals surface area contributed by atoms with Gasteiger partial charge in [0.25, 0.3) is 5.56 Å². The highest BCUT2D eigenvalue weighted by atomic mass is 32.1. The molecule has 9 heteroatoms. The van der Waals surface area contributed by atoms with Crippen molar-refractivity contribution in [2.75, 3.05) is 6.61 Å². The van der Waals surface area contributed by atoms with E-state index in [2.05, 4.69) is 23.1 Å². The van der Waals surface area contributed by atoms with Crippen LogP contribution in [0.25, 0.3) is 39.4 Å². The molecule has 6 rings (SSSR count). The summed E-state index contributed by atoms with van der Waals surface area (Å²) in [5.41, 5.74) is 5.10. The number of unbranched alkanes of at least 4 members (excludes halogenated alkanes) is 3. The number of rotatable bonds is 12. The second-order valence-corrected chi connectivity index (χ2v) is 12.3. The highest BCUT2D eigenvalue weighted by Crippen LogP contribution is 2.30. The molecule has 8 nitrogen and oxygen atoms in total. The SMILES string of the molecule is CCCCCCOc1ccc(-c2nc3s/c(=C/c4cn(-c5ccccc5)nc4-c4ccc(OC(C)C)c(C)c4)c(=O)n3n2)cc1. The summed E-state index contributed by atoms with van der Waals surface area (Å²) >= 11 is 1.32. The number of thiazole rings is 1. The summed E-state index contributed by atoms with van der Waals surface area (Å²) in [6.45, 7) is 8.97. The number of benzene rings is 3. The van der Waals surface area contributed by atoms with Crippen LogP contribution >= 0.6 is 11.3 Å². The van der Waals surface area contributed by atoms with Gasteiger partial charge in [-0.2, -0.15) is 14.6 Å². The maximum Gasteiger partial charge on any atom is 0.291 e. The zero-order chi connectivity index (χ0) is 31.3. The fourth-order valence-corrected chi connectivity index (χ4v) is 6.03. The van der Waals surface area contributed by atoms with Gasteiger partial charge in [-0.1, -0.05) is 55.7 Å². The Balaban J connectivity index is 1.31. The molecule has 6 aromatic rings. The van der Waals surface area contributed by atoms with E-state index in [9.17, 15) is 4.79 Å². The van der Waals surface area contributed by atoms with E-state index < -0.39 is 0 Å². The normalized spacial score (nSPS) is 12.0. The number of ether oxygens (including phenoxy) is 2. The summed E-state index contributed by atoms with van der Waals surface area (Å²) in [5.74, 6) is 2.17. The predicted octanol–water partition coefficient (Wildman–Crippen LogP) is 7.27. The lowest BCUT2D eigenvalue weighted by Gasteiger charge is -2.13. The molecule has 0 amide bonds. The van der Waals surface area contributed by atoms with Crippen LogP contribution in [-0.4, -0.2) is 37.1 Å². The Morgan fingerprint density at radius 2 is 1.71 bits per heavy atom. The third-order valence-corrected chi connectivity index (χ3v) is 8.38. The lowest BCUT2D eigenvalue weighted by molar-refractivity contribution is 0.241. The van der Waals surface area contributed by atoms with Crippen LogP contribution in [0.1, 0.15) is 57.6 Å². The summed E-state index contributed by atoms with van der Waals surface area (Å²) in [6, 6.07) is 23.7. The Hall–Kier alpha value is -4.76. The lowest BCUT2D eigenvalue weighted by atomic mass is 10.0. The average Bonchev–Trinajstić information content (AvgIpc) is 3.73. The Kier molecular flexibility index (Phi) is 9.07. The Morgan fingerprint density at radius 1 is 0.933 bits per heavy atom. The molecule has 0 unspecified atom stereocenters. The third-order valence-electron chi connectivity index (χ3n) is 7.42. The van der Waals surface area contributed by atoms with Crippen molar-refractivity contribution in [3.05, 3.63) is 105 Å². The number of aromatic nitrogens is 5. The van der Waals surface area contributed by atoms with E-state index in [1.165, 1.54) is 35.1 Å². The highest BCUT2D eigenvalue weighted by molar-refractivity contribution is 7.15. The van der Waals surface area contributed by atoms with E-state index in [4.69, 9.17) is 14.6 Å². The molecule has 0 saturated heterocycles. The molecule has 3 aromatic heterocycles. The minimum Gasteiger partial charge on any atom is -0.494 e. The molecule has 0 aliphatic carbocycles. The van der Waals surface area contributed by atoms with Gasteiger partial charge in [0.05, 0.1) is 22.9 Å². The first-order chi connectivity index (χ1) is 21.9. The standard InChI is InChI=1S/C36H37N5O3S/c1-5-6-7-11-20-43-30-17-14-26(15-18-30)34-37-36-41(39-34)35(42)32(45-36)22-28-23-40(29-12-9-8-10-13-29)38-33(28)27-16-19-31(25(4)21-27)44-24(2)3/h8-10,12-19,21-24H,5-7,11,20H2,1-4H3/b32-22+. The zero-order valence-electron chi connectivity index (χ0n) is 26.1. The van der Waals surface area contributed by atoms with Gasteiger partial charge in [-0.25, -0.2) is 4.68 Å². The van der Waals surface area contributed by atoms with Gasteiger partial charge in [-0.3, -0.25) is 4.79 Å². The van der Waals surface area contributed by atoms with Crippen molar-refractivity contribution in [2.45, 2.75) is 59.5 Å². The van der Waals surface area contributed by atoms with Crippen LogP contribution in [0.3, 0.4) is 0 Å². The van der Waals surface area contributed by atoms with Crippen molar-refractivity contribution in [1.29, 1.82) is 0 Å². The molecule has 0 aliphatic heterocycles. The van der Waals surface area contributed by atoms with Crippen LogP contribution in [0.4, 0.5) is 0 Å². The van der Waals surface area contributed by atoms with Crippen LogP contribution in [0, 0.1) is 6.92 Å². The van der Waals surface area contributed by atoms with Crippen molar-refractivity contribution in [1.82, 2.24) is 24.4 Å². The van der Waals surface area contributed by atoms with Crippen LogP contribution in [0.2, 0.25) is 0 Å². The minimum absolute atomic E-state index is 0.0802. The van der Waals surface area contributed by atoms with E-state index in [1.807, 2.05) is 104 Å². The minimum atomic E-state index is -0.212. The molecule has 0 atom stereocenters. The smallest absolute Gasteiger partial charge is 0.291 e. The zero-order valence-corrected chi connectivity index (χ0v) is 26.9. The summed E-state index contributed by atoms with van der Waals surface area (Å²) in [5, 5.41) is 9.50. The molecular formula is C36H37N5O3S. The quantitative estimate of drug-likeness (QED) is 0.134. The maximum absolute atomic E-state index is 13.5. The van der Waals surface area contributed by atoms with Gasteiger partial charge in [0.15, 0.2) is 5.82 Å². The molecule has 230 valence electrons. The molecule has 3 heterocycles. The molecule has 0 spiro atoms. The van der Waals surface area contributed by atoms with E-state index in [0.29, 0.717) is 21.9 Å². The van der Waals surface area contributed by atoms with Crippen LogP contribution < -0.4 is 19.6 Å². The molecule has 0 fully saturated rings. The number of nitrogens with zero attached hydrogens (tertiary/aromatic N) is 5. The molecule has 0 bridgehead atoms. The number of fused-ring (bicyclic) bond motifs is 1. The van der Waals surface area contributed by atoms with Gasteiger partial charge >= 0.3 is 0 Å². The number of aryl methyl sites for hydroxylation is 1. The third kappa shape index (κ3) is 6.83. The monoisotopic (exact) mass is 619 g/mol. The van der Waals surface area contributed by atoms with Crippen molar-refractivity contribution >= 4 is 22.4 Å². The van der Waals surface area contributed by atoms with Crippen LogP contribution in [0.15, 0.2) is 83.8 Å². The average molecular weight is 620 g/mol. The predicted molar refractivity (Wildman–Crippen MR) is 180 cm³/mol. The van der Waals surface area contributed by atoms with Gasteiger partial charge < -0.3 is 9.47 Å². The van der Waals surface area contributed by atoms with Gasteiger partial charge in [-0.05, 0) is 93.4 Å². The molecule has 0 aliphatic rings. The second-order valence-electron chi connectivity index (χ2n) is 11.3. The second kappa shape index (κ2) is 13.5. The van der Waals surface area contributed by atoms with Crippen LogP contribution in [-0.2, 0) is 0 Å². The Bertz CT molecular complexity index is 2010. The number of para-hydroxylation sites is 1. The number of hydrogen-bond acceptors (Lipinski definition) is 7. The summed E-state index contributed by atoms with van der Waals surface area (Å²) in [4.78, 5) is 18.8. The molecular weight excluding hydrogens is 582 g/mol. The first kappa shape index (κ1) is 30.3. The van der Waals surface area contributed by atoms with Crippen molar-refractivity contribution in [2.24, 2.45) is 0 Å². The van der Waals surface area contributed by atoms with Crippen molar-refractivity contribution in [3.63, 3.8) is 0 Å². The topological polar surface area (TPSA) is 83.5 Å². The molecule has 0 saturated carbocycles. The lowest BCUT2D eigenvalue weighted by Crippen LogP contribution is -2.23. The van der Waals surface area contributed by atoms with E-state index in [-0.39, 0.29) is 11.7 Å². The molecule has 0 radical (unpaired) electrons. The fraction of sp³-hybridized carbons (Fsp3) is 0.278. The van der Waals surface area contributed by atoms with Gasteiger partial charge in [-0.15, -0.1) is 5.10 Å². The first-order valence-corrected chi connectivity index (χ1v) is 16.3. The largest absolute Gasteiger partial charge is 0.494 e. The van der Waals surface area contributed by atoms with Gasteiger partial charge in [0.2, 0.25) is 4.96 Å². The molecule has 3 aromatic carbocycles. The Morgan fingerprint density at radius 3 is 2.42 bits per heavy atom. The van der Waals surface area contributed by atoms with Gasteiger partial charge in [0.1, 0.15) is 17.2 Å². The number of hydrogen-bond donors (Lipinski definition) is 0. The molecule has 45 heavy (non-hydrogen) atoms. The van der Waals surface area contributed by atoms with E-state index >= 15 is 0 Å². The Labute approximate surface area is 266 Å². The first-order valence-electron chi connectivity index (χ1n) is 15.5. The summed E-state index contributed by atoms with van der Waals surface area (Å²) < 4.78 is 15.6.